The Morgan fingerprint density at radius 3 is 2.86 bits per heavy atom. The Hall–Kier alpha value is -3.30. The van der Waals surface area contributed by atoms with Crippen molar-refractivity contribution in [3.63, 3.8) is 0 Å². The highest BCUT2D eigenvalue weighted by molar-refractivity contribution is 5.48. The van der Waals surface area contributed by atoms with Gasteiger partial charge in [-0.05, 0) is 22.6 Å². The zero-order valence-electron chi connectivity index (χ0n) is 11.5. The molecule has 2 aromatic heterocycles. The first-order chi connectivity index (χ1) is 10.7. The van der Waals surface area contributed by atoms with Gasteiger partial charge in [0.1, 0.15) is 12.4 Å². The first-order valence-electron chi connectivity index (χ1n) is 6.23. The molecule has 3 rings (SSSR count). The maximum absolute atomic E-state index is 11.7. The number of hydrogen-bond donors (Lipinski definition) is 2. The molecule has 0 aliphatic rings. The molecule has 0 amide bonds. The van der Waals surface area contributed by atoms with E-state index in [9.17, 15) is 4.79 Å². The van der Waals surface area contributed by atoms with Crippen LogP contribution in [0.2, 0.25) is 0 Å². The number of nitrogens with one attached hydrogen (secondary N) is 1. The van der Waals surface area contributed by atoms with Crippen molar-refractivity contribution in [2.24, 2.45) is 0 Å². The summed E-state index contributed by atoms with van der Waals surface area (Å²) in [5.41, 5.74) is 0.587. The fourth-order valence-corrected chi connectivity index (χ4v) is 1.97. The lowest BCUT2D eigenvalue weighted by molar-refractivity contribution is 0.141. The van der Waals surface area contributed by atoms with E-state index in [1.165, 1.54) is 19.4 Å². The van der Waals surface area contributed by atoms with E-state index in [2.05, 4.69) is 20.6 Å². The van der Waals surface area contributed by atoms with Crippen molar-refractivity contribution in [3.8, 4) is 17.3 Å². The van der Waals surface area contributed by atoms with Gasteiger partial charge in [-0.25, -0.2) is 9.89 Å². The van der Waals surface area contributed by atoms with Gasteiger partial charge in [-0.1, -0.05) is 11.2 Å². The van der Waals surface area contributed by atoms with Crippen LogP contribution < -0.4 is 15.2 Å². The topological polar surface area (TPSA) is 120 Å². The largest absolute Gasteiger partial charge is 0.496 e. The number of methoxy groups -OCH3 is 1. The average Bonchev–Trinajstić information content (AvgIpc) is 3.13. The summed E-state index contributed by atoms with van der Waals surface area (Å²) in [6.07, 6.45) is 1.33. The fraction of sp³-hybridized carbons (Fsp3) is 0.167. The molecule has 114 valence electrons. The summed E-state index contributed by atoms with van der Waals surface area (Å²) in [6.45, 7) is 0.0651. The smallest absolute Gasteiger partial charge is 0.365 e. The quantitative estimate of drug-likeness (QED) is 0.635. The lowest BCUT2D eigenvalue weighted by Crippen LogP contribution is -2.18. The molecule has 0 saturated carbocycles. The molecule has 0 radical (unpaired) electrons. The number of tetrazole rings is 1. The van der Waals surface area contributed by atoms with Crippen LogP contribution in [0.5, 0.6) is 11.6 Å². The zero-order chi connectivity index (χ0) is 15.5. The van der Waals surface area contributed by atoms with Crippen LogP contribution in [0.1, 0.15) is 5.56 Å². The SMILES string of the molecule is COc1cccc(-n2nn[nH]c2=O)c1COc1ccn(O)n1. The summed E-state index contributed by atoms with van der Waals surface area (Å²) in [4.78, 5) is 12.3. The molecule has 0 fully saturated rings. The van der Waals surface area contributed by atoms with Crippen molar-refractivity contribution in [2.75, 3.05) is 7.11 Å². The minimum atomic E-state index is -0.478. The minimum absolute atomic E-state index is 0.0651. The second-order valence-corrected chi connectivity index (χ2v) is 4.24. The molecule has 22 heavy (non-hydrogen) atoms. The maximum Gasteiger partial charge on any atom is 0.365 e. The Bertz CT molecular complexity index is 836. The summed E-state index contributed by atoms with van der Waals surface area (Å²) < 4.78 is 11.9. The molecule has 10 nitrogen and oxygen atoms in total. The van der Waals surface area contributed by atoms with Crippen molar-refractivity contribution in [3.05, 3.63) is 46.5 Å². The van der Waals surface area contributed by atoms with Gasteiger partial charge in [-0.15, -0.1) is 4.85 Å². The summed E-state index contributed by atoms with van der Waals surface area (Å²) in [7, 11) is 1.51. The molecule has 0 unspecified atom stereocenters. The van der Waals surface area contributed by atoms with Crippen LogP contribution in [-0.2, 0) is 6.61 Å². The number of aromatic amines is 1. The minimum Gasteiger partial charge on any atom is -0.496 e. The molecule has 0 aliphatic carbocycles. The van der Waals surface area contributed by atoms with Gasteiger partial charge >= 0.3 is 5.69 Å². The number of benzene rings is 1. The maximum atomic E-state index is 11.7. The van der Waals surface area contributed by atoms with Gasteiger partial charge in [-0.3, -0.25) is 0 Å². The van der Waals surface area contributed by atoms with Crippen LogP contribution in [0.4, 0.5) is 0 Å². The van der Waals surface area contributed by atoms with E-state index in [1.54, 1.807) is 18.2 Å². The number of H-pyrrole nitrogens is 1. The zero-order valence-corrected chi connectivity index (χ0v) is 11.5. The van der Waals surface area contributed by atoms with Crippen LogP contribution >= 0.6 is 0 Å². The lowest BCUT2D eigenvalue weighted by atomic mass is 10.1. The summed E-state index contributed by atoms with van der Waals surface area (Å²) >= 11 is 0. The van der Waals surface area contributed by atoms with Gasteiger partial charge < -0.3 is 14.7 Å². The van der Waals surface area contributed by atoms with Gasteiger partial charge in [0.05, 0.1) is 24.6 Å². The molecule has 2 N–H and O–H groups in total. The predicted molar refractivity (Wildman–Crippen MR) is 72.3 cm³/mol. The first-order valence-corrected chi connectivity index (χ1v) is 6.23. The van der Waals surface area contributed by atoms with E-state index in [4.69, 9.17) is 14.7 Å². The van der Waals surface area contributed by atoms with Crippen molar-refractivity contribution < 1.29 is 14.7 Å². The van der Waals surface area contributed by atoms with Gasteiger partial charge in [0.15, 0.2) is 0 Å². The van der Waals surface area contributed by atoms with Crippen molar-refractivity contribution in [2.45, 2.75) is 6.61 Å². The molecule has 2 heterocycles. The number of rotatable bonds is 5. The van der Waals surface area contributed by atoms with E-state index in [0.717, 1.165) is 4.68 Å². The number of hydrogen-bond acceptors (Lipinski definition) is 7. The van der Waals surface area contributed by atoms with Gasteiger partial charge in [0.2, 0.25) is 5.88 Å². The number of aromatic nitrogens is 6. The molecule has 0 aliphatic heterocycles. The predicted octanol–water partition coefficient (Wildman–Crippen LogP) is -0.0230. The number of nitrogens with zero attached hydrogens (tertiary/aromatic N) is 5. The third-order valence-electron chi connectivity index (χ3n) is 2.94. The van der Waals surface area contributed by atoms with Crippen molar-refractivity contribution in [1.82, 2.24) is 30.2 Å². The fourth-order valence-electron chi connectivity index (χ4n) is 1.97. The van der Waals surface area contributed by atoms with Gasteiger partial charge in [0.25, 0.3) is 0 Å². The molecule has 10 heteroatoms. The molecule has 0 atom stereocenters. The van der Waals surface area contributed by atoms with Gasteiger partial charge in [0, 0.05) is 6.07 Å². The summed E-state index contributed by atoms with van der Waals surface area (Å²) in [5, 5.41) is 22.2. The Balaban J connectivity index is 1.97. The molecular weight excluding hydrogens is 292 g/mol. The molecule has 0 spiro atoms. The highest BCUT2D eigenvalue weighted by Crippen LogP contribution is 2.25. The first kappa shape index (κ1) is 13.7. The highest BCUT2D eigenvalue weighted by Gasteiger charge is 2.15. The molecule has 1 aromatic carbocycles. The second-order valence-electron chi connectivity index (χ2n) is 4.24. The van der Waals surface area contributed by atoms with Gasteiger partial charge in [-0.2, -0.15) is 4.68 Å². The Morgan fingerprint density at radius 2 is 2.23 bits per heavy atom. The molecule has 0 saturated heterocycles. The lowest BCUT2D eigenvalue weighted by Gasteiger charge is -2.12. The third-order valence-corrected chi connectivity index (χ3v) is 2.94. The van der Waals surface area contributed by atoms with Crippen molar-refractivity contribution in [1.29, 1.82) is 0 Å². The molecule has 0 bridgehead atoms. The monoisotopic (exact) mass is 304 g/mol. The van der Waals surface area contributed by atoms with E-state index in [1.807, 2.05) is 0 Å². The third kappa shape index (κ3) is 2.49. The van der Waals surface area contributed by atoms with Crippen molar-refractivity contribution >= 4 is 0 Å². The van der Waals surface area contributed by atoms with Crippen LogP contribution in [0.25, 0.3) is 5.69 Å². The van der Waals surface area contributed by atoms with E-state index < -0.39 is 5.69 Å². The van der Waals surface area contributed by atoms with Crippen LogP contribution in [0.15, 0.2) is 35.3 Å². The Morgan fingerprint density at radius 1 is 1.36 bits per heavy atom. The highest BCUT2D eigenvalue weighted by atomic mass is 16.5. The van der Waals surface area contributed by atoms with E-state index >= 15 is 0 Å². The Labute approximate surface area is 123 Å². The molecule has 3 aromatic rings. The average molecular weight is 304 g/mol. The summed E-state index contributed by atoms with van der Waals surface area (Å²) in [6, 6.07) is 6.65. The Kier molecular flexibility index (Phi) is 3.48. The number of ether oxygens (including phenoxy) is 2. The van der Waals surface area contributed by atoms with Crippen LogP contribution in [0, 0.1) is 0 Å². The van der Waals surface area contributed by atoms with E-state index in [-0.39, 0.29) is 12.5 Å². The molecular formula is C12H12N6O4. The van der Waals surface area contributed by atoms with E-state index in [0.29, 0.717) is 21.8 Å². The van der Waals surface area contributed by atoms with Crippen LogP contribution in [-0.4, -0.2) is 42.5 Å². The summed E-state index contributed by atoms with van der Waals surface area (Å²) in [5.74, 6) is 0.752. The second kappa shape index (κ2) is 5.60. The normalized spacial score (nSPS) is 10.6. The van der Waals surface area contributed by atoms with Crippen LogP contribution in [0.3, 0.4) is 0 Å². The standard InChI is InChI=1S/C12H12N6O4/c1-21-10-4-2-3-9(18-12(19)13-15-16-18)8(10)7-22-11-5-6-17(20)14-11/h2-6,20H,7H2,1H3,(H,13,16,19).